The summed E-state index contributed by atoms with van der Waals surface area (Å²) in [5.41, 5.74) is 0. The molecule has 1 N–H and O–H groups in total. The fourth-order valence-electron chi connectivity index (χ4n) is 1.25. The molecule has 0 aliphatic carbocycles. The first kappa shape index (κ1) is 15.1. The zero-order valence-electron chi connectivity index (χ0n) is 9.59. The van der Waals surface area contributed by atoms with E-state index in [4.69, 9.17) is 5.11 Å². The Labute approximate surface area is 96.3 Å². The molecule has 7 heteroatoms. The van der Waals surface area contributed by atoms with Crippen LogP contribution in [0.1, 0.15) is 13.8 Å². The SMILES string of the molecule is C=CCN(CC(=O)O)S(=O)(=O)N(CC)CC. The van der Waals surface area contributed by atoms with E-state index in [1.807, 2.05) is 0 Å². The highest BCUT2D eigenvalue weighted by Gasteiger charge is 2.28. The maximum atomic E-state index is 12.0. The Morgan fingerprint density at radius 3 is 2.12 bits per heavy atom. The van der Waals surface area contributed by atoms with Crippen molar-refractivity contribution >= 4 is 16.2 Å². The molecule has 0 radical (unpaired) electrons. The van der Waals surface area contributed by atoms with Crippen LogP contribution in [0.3, 0.4) is 0 Å². The summed E-state index contributed by atoms with van der Waals surface area (Å²) in [5, 5.41) is 8.64. The van der Waals surface area contributed by atoms with Crippen LogP contribution < -0.4 is 0 Å². The summed E-state index contributed by atoms with van der Waals surface area (Å²) in [4.78, 5) is 10.6. The first-order chi connectivity index (χ1) is 7.39. The molecule has 0 rings (SSSR count). The normalized spacial score (nSPS) is 12.0. The smallest absolute Gasteiger partial charge is 0.318 e. The molecule has 0 aliphatic rings. The molecular formula is C9H18N2O4S. The molecule has 0 atom stereocenters. The van der Waals surface area contributed by atoms with E-state index < -0.39 is 22.7 Å². The Kier molecular flexibility index (Phi) is 6.24. The highest BCUT2D eigenvalue weighted by atomic mass is 32.2. The summed E-state index contributed by atoms with van der Waals surface area (Å²) < 4.78 is 26.0. The minimum absolute atomic E-state index is 0.00880. The molecule has 16 heavy (non-hydrogen) atoms. The molecule has 0 aromatic heterocycles. The molecule has 0 spiro atoms. The van der Waals surface area contributed by atoms with Crippen molar-refractivity contribution in [2.75, 3.05) is 26.2 Å². The predicted octanol–water partition coefficient (Wildman–Crippen LogP) is 0.146. The number of nitrogens with zero attached hydrogens (tertiary/aromatic N) is 2. The standard InChI is InChI=1S/C9H18N2O4S/c1-4-7-11(8-9(12)13)16(14,15)10(5-2)6-3/h4H,1,5-8H2,2-3H3,(H,12,13). The van der Waals surface area contributed by atoms with Crippen LogP contribution in [0.5, 0.6) is 0 Å². The van der Waals surface area contributed by atoms with Gasteiger partial charge in [-0.2, -0.15) is 17.0 Å². The second-order valence-electron chi connectivity index (χ2n) is 3.07. The maximum absolute atomic E-state index is 12.0. The van der Waals surface area contributed by atoms with Crippen LogP contribution >= 0.6 is 0 Å². The molecular weight excluding hydrogens is 232 g/mol. The van der Waals surface area contributed by atoms with Crippen LogP contribution in [-0.4, -0.2) is 54.3 Å². The third-order valence-electron chi connectivity index (χ3n) is 2.00. The second-order valence-corrected chi connectivity index (χ2v) is 5.00. The van der Waals surface area contributed by atoms with Gasteiger partial charge in [0.2, 0.25) is 0 Å². The number of hydrogen-bond donors (Lipinski definition) is 1. The molecule has 94 valence electrons. The largest absolute Gasteiger partial charge is 0.480 e. The fourth-order valence-corrected chi connectivity index (χ4v) is 2.79. The Morgan fingerprint density at radius 1 is 1.31 bits per heavy atom. The van der Waals surface area contributed by atoms with E-state index in [9.17, 15) is 13.2 Å². The minimum Gasteiger partial charge on any atom is -0.480 e. The summed E-state index contributed by atoms with van der Waals surface area (Å²) in [7, 11) is -3.71. The van der Waals surface area contributed by atoms with Gasteiger partial charge in [0.1, 0.15) is 6.54 Å². The van der Waals surface area contributed by atoms with Crippen molar-refractivity contribution in [3.63, 3.8) is 0 Å². The number of carboxylic acid groups (broad SMARTS) is 1. The molecule has 6 nitrogen and oxygen atoms in total. The van der Waals surface area contributed by atoms with Crippen LogP contribution in [0.25, 0.3) is 0 Å². The van der Waals surface area contributed by atoms with Crippen molar-refractivity contribution < 1.29 is 18.3 Å². The van der Waals surface area contributed by atoms with Crippen molar-refractivity contribution in [1.82, 2.24) is 8.61 Å². The zero-order valence-corrected chi connectivity index (χ0v) is 10.4. The number of rotatable bonds is 8. The lowest BCUT2D eigenvalue weighted by Gasteiger charge is -2.26. The van der Waals surface area contributed by atoms with Gasteiger partial charge >= 0.3 is 5.97 Å². The minimum atomic E-state index is -3.71. The van der Waals surface area contributed by atoms with E-state index in [1.54, 1.807) is 13.8 Å². The van der Waals surface area contributed by atoms with Crippen molar-refractivity contribution in [1.29, 1.82) is 0 Å². The van der Waals surface area contributed by atoms with Gasteiger partial charge in [0.15, 0.2) is 0 Å². The summed E-state index contributed by atoms with van der Waals surface area (Å²) in [5.74, 6) is -1.18. The molecule has 0 saturated heterocycles. The van der Waals surface area contributed by atoms with Gasteiger partial charge in [-0.25, -0.2) is 0 Å². The molecule has 0 amide bonds. The van der Waals surface area contributed by atoms with E-state index in [0.29, 0.717) is 13.1 Å². The third kappa shape index (κ3) is 3.92. The van der Waals surface area contributed by atoms with Crippen LogP contribution in [0, 0.1) is 0 Å². The first-order valence-corrected chi connectivity index (χ1v) is 6.37. The van der Waals surface area contributed by atoms with Crippen molar-refractivity contribution in [3.8, 4) is 0 Å². The fraction of sp³-hybridized carbons (Fsp3) is 0.667. The topological polar surface area (TPSA) is 77.9 Å². The van der Waals surface area contributed by atoms with Crippen molar-refractivity contribution in [2.45, 2.75) is 13.8 Å². The molecule has 0 unspecified atom stereocenters. The summed E-state index contributed by atoms with van der Waals surface area (Å²) in [6, 6.07) is 0. The van der Waals surface area contributed by atoms with E-state index in [0.717, 1.165) is 4.31 Å². The average Bonchev–Trinajstić information content (AvgIpc) is 2.18. The van der Waals surface area contributed by atoms with Gasteiger partial charge in [-0.1, -0.05) is 19.9 Å². The molecule has 0 aromatic rings. The second kappa shape index (κ2) is 6.62. The summed E-state index contributed by atoms with van der Waals surface area (Å²) in [6.07, 6.45) is 1.37. The lowest BCUT2D eigenvalue weighted by molar-refractivity contribution is -0.137. The first-order valence-electron chi connectivity index (χ1n) is 4.98. The highest BCUT2D eigenvalue weighted by molar-refractivity contribution is 7.86. The van der Waals surface area contributed by atoms with E-state index in [1.165, 1.54) is 10.4 Å². The van der Waals surface area contributed by atoms with Crippen molar-refractivity contribution in [3.05, 3.63) is 12.7 Å². The lowest BCUT2D eigenvalue weighted by Crippen LogP contribution is -2.45. The van der Waals surface area contributed by atoms with Gasteiger partial charge < -0.3 is 5.11 Å². The van der Waals surface area contributed by atoms with Crippen LogP contribution in [0.4, 0.5) is 0 Å². The zero-order chi connectivity index (χ0) is 12.8. The lowest BCUT2D eigenvalue weighted by atomic mass is 10.6. The molecule has 0 aliphatic heterocycles. The Hall–Kier alpha value is -0.920. The molecule has 0 aromatic carbocycles. The average molecular weight is 250 g/mol. The predicted molar refractivity (Wildman–Crippen MR) is 61.2 cm³/mol. The van der Waals surface area contributed by atoms with Crippen LogP contribution in [-0.2, 0) is 15.0 Å². The molecule has 0 heterocycles. The highest BCUT2D eigenvalue weighted by Crippen LogP contribution is 2.07. The van der Waals surface area contributed by atoms with Gasteiger partial charge in [-0.3, -0.25) is 4.79 Å². The monoisotopic (exact) mass is 250 g/mol. The number of hydrogen-bond acceptors (Lipinski definition) is 3. The van der Waals surface area contributed by atoms with Gasteiger partial charge in [0.25, 0.3) is 10.2 Å². The third-order valence-corrected chi connectivity index (χ3v) is 4.10. The summed E-state index contributed by atoms with van der Waals surface area (Å²) in [6.45, 7) is 6.88. The van der Waals surface area contributed by atoms with Crippen LogP contribution in [0.2, 0.25) is 0 Å². The Balaban J connectivity index is 5.01. The van der Waals surface area contributed by atoms with Gasteiger partial charge in [-0.05, 0) is 0 Å². The van der Waals surface area contributed by atoms with Gasteiger partial charge in [-0.15, -0.1) is 6.58 Å². The van der Waals surface area contributed by atoms with E-state index >= 15 is 0 Å². The molecule has 0 bridgehead atoms. The van der Waals surface area contributed by atoms with Crippen LogP contribution in [0.15, 0.2) is 12.7 Å². The Morgan fingerprint density at radius 2 is 1.81 bits per heavy atom. The summed E-state index contributed by atoms with van der Waals surface area (Å²) >= 11 is 0. The Bertz CT molecular complexity index is 335. The van der Waals surface area contributed by atoms with Gasteiger partial charge in [0, 0.05) is 19.6 Å². The number of aliphatic carboxylic acids is 1. The number of carboxylic acids is 1. The van der Waals surface area contributed by atoms with Gasteiger partial charge in [0.05, 0.1) is 0 Å². The quantitative estimate of drug-likeness (QED) is 0.622. The van der Waals surface area contributed by atoms with Crippen molar-refractivity contribution in [2.24, 2.45) is 0 Å². The van der Waals surface area contributed by atoms with E-state index in [-0.39, 0.29) is 6.54 Å². The molecule has 0 fully saturated rings. The molecule has 0 saturated carbocycles. The van der Waals surface area contributed by atoms with E-state index in [2.05, 4.69) is 6.58 Å². The number of carbonyl (C=O) groups is 1. The maximum Gasteiger partial charge on any atom is 0.318 e.